The van der Waals surface area contributed by atoms with E-state index in [1.807, 2.05) is 6.08 Å². The van der Waals surface area contributed by atoms with Crippen LogP contribution in [0.4, 0.5) is 0 Å². The second-order valence-corrected chi connectivity index (χ2v) is 9.94. The van der Waals surface area contributed by atoms with Crippen LogP contribution in [-0.2, 0) is 4.79 Å². The highest BCUT2D eigenvalue weighted by Gasteiger charge is 2.75. The van der Waals surface area contributed by atoms with Crippen molar-refractivity contribution in [2.75, 3.05) is 6.61 Å². The van der Waals surface area contributed by atoms with Crippen molar-refractivity contribution in [3.05, 3.63) is 11.6 Å². The summed E-state index contributed by atoms with van der Waals surface area (Å²) < 4.78 is 0. The number of hydrogen-bond donors (Lipinski definition) is 2. The molecule has 8 atom stereocenters. The predicted octanol–water partition coefficient (Wildman–Crippen LogP) is 3.49. The molecule has 0 spiro atoms. The first-order chi connectivity index (χ1) is 12.0. The Kier molecular flexibility index (Phi) is 3.58. The zero-order chi connectivity index (χ0) is 17.4. The standard InChI is InChI=1S/C22H32O3/c1-21-9-7-16-15-6-4-14(24)11-13(15)3-5-17(16)20(21)18-12-19(18)22(21,25)8-2-10-23/h11,15-20,23,25H,2-10,12H2,1H3/t15?,16?,17?,18?,19?,20?,21-,22-/m0/s1. The highest BCUT2D eigenvalue weighted by Crippen LogP contribution is 2.76. The number of aliphatic hydroxyl groups is 2. The van der Waals surface area contributed by atoms with Gasteiger partial charge in [0.1, 0.15) is 0 Å². The zero-order valence-electron chi connectivity index (χ0n) is 15.4. The number of allylic oxidation sites excluding steroid dienone is 1. The number of rotatable bonds is 3. The quantitative estimate of drug-likeness (QED) is 0.824. The summed E-state index contributed by atoms with van der Waals surface area (Å²) in [6, 6.07) is 0. The van der Waals surface area contributed by atoms with E-state index in [-0.39, 0.29) is 12.0 Å². The molecule has 3 nitrogen and oxygen atoms in total. The minimum atomic E-state index is -0.547. The van der Waals surface area contributed by atoms with Crippen LogP contribution in [0.3, 0.4) is 0 Å². The Morgan fingerprint density at radius 3 is 2.80 bits per heavy atom. The van der Waals surface area contributed by atoms with Gasteiger partial charge in [0, 0.05) is 13.0 Å². The smallest absolute Gasteiger partial charge is 0.155 e. The van der Waals surface area contributed by atoms with E-state index >= 15 is 0 Å². The number of aliphatic hydroxyl groups excluding tert-OH is 1. The van der Waals surface area contributed by atoms with Crippen LogP contribution in [0.5, 0.6) is 0 Å². The Hall–Kier alpha value is -0.670. The van der Waals surface area contributed by atoms with E-state index in [0.29, 0.717) is 23.5 Å². The van der Waals surface area contributed by atoms with Crippen LogP contribution < -0.4 is 0 Å². The van der Waals surface area contributed by atoms with Gasteiger partial charge >= 0.3 is 0 Å². The van der Waals surface area contributed by atoms with Gasteiger partial charge in [0.25, 0.3) is 0 Å². The van der Waals surface area contributed by atoms with Crippen LogP contribution in [0.2, 0.25) is 0 Å². The number of fused-ring (bicyclic) bond motifs is 7. The van der Waals surface area contributed by atoms with Crippen molar-refractivity contribution in [1.82, 2.24) is 0 Å². The molecule has 138 valence electrons. The lowest BCUT2D eigenvalue weighted by Gasteiger charge is -2.57. The van der Waals surface area contributed by atoms with E-state index in [9.17, 15) is 15.0 Å². The van der Waals surface area contributed by atoms with Crippen molar-refractivity contribution in [2.45, 2.75) is 70.3 Å². The van der Waals surface area contributed by atoms with Gasteiger partial charge < -0.3 is 10.2 Å². The molecule has 0 heterocycles. The second kappa shape index (κ2) is 5.42. The van der Waals surface area contributed by atoms with Crippen molar-refractivity contribution in [3.8, 4) is 0 Å². The molecular formula is C22H32O3. The molecule has 0 aromatic carbocycles. The first-order valence-corrected chi connectivity index (χ1v) is 10.6. The van der Waals surface area contributed by atoms with Crippen LogP contribution in [0, 0.1) is 40.9 Å². The van der Waals surface area contributed by atoms with E-state index in [4.69, 9.17) is 0 Å². The number of ketones is 1. The SMILES string of the molecule is C[C@]12CCC3C4CCC(=O)C=C4CCC3C1C1CC1[C@@]2(O)CCCO. The van der Waals surface area contributed by atoms with Gasteiger partial charge in [-0.2, -0.15) is 0 Å². The Labute approximate surface area is 150 Å². The molecule has 0 saturated heterocycles. The Balaban J connectivity index is 1.45. The monoisotopic (exact) mass is 344 g/mol. The molecule has 0 aromatic heterocycles. The average Bonchev–Trinajstić information content (AvgIpc) is 3.36. The molecule has 0 aliphatic heterocycles. The van der Waals surface area contributed by atoms with E-state index < -0.39 is 5.60 Å². The molecule has 5 aliphatic carbocycles. The highest BCUT2D eigenvalue weighted by atomic mass is 16.3. The summed E-state index contributed by atoms with van der Waals surface area (Å²) in [5.41, 5.74) is 0.944. The van der Waals surface area contributed by atoms with E-state index in [1.165, 1.54) is 24.8 Å². The van der Waals surface area contributed by atoms with Crippen molar-refractivity contribution in [1.29, 1.82) is 0 Å². The highest BCUT2D eigenvalue weighted by molar-refractivity contribution is 5.91. The van der Waals surface area contributed by atoms with Crippen LogP contribution in [-0.4, -0.2) is 28.2 Å². The molecule has 6 unspecified atom stereocenters. The van der Waals surface area contributed by atoms with Crippen molar-refractivity contribution >= 4 is 5.78 Å². The summed E-state index contributed by atoms with van der Waals surface area (Å²) >= 11 is 0. The summed E-state index contributed by atoms with van der Waals surface area (Å²) in [6.07, 6.45) is 11.2. The number of carbonyl (C=O) groups excluding carboxylic acids is 1. The molecule has 4 saturated carbocycles. The third-order valence-corrected chi connectivity index (χ3v) is 9.17. The molecule has 2 N–H and O–H groups in total. The van der Waals surface area contributed by atoms with E-state index in [0.717, 1.165) is 56.3 Å². The van der Waals surface area contributed by atoms with Crippen LogP contribution in [0.1, 0.15) is 64.7 Å². The molecule has 4 fully saturated rings. The largest absolute Gasteiger partial charge is 0.396 e. The second-order valence-electron chi connectivity index (χ2n) is 9.94. The summed E-state index contributed by atoms with van der Waals surface area (Å²) in [5, 5.41) is 21.0. The minimum absolute atomic E-state index is 0.0443. The Bertz CT molecular complexity index is 625. The maximum absolute atomic E-state index is 11.8. The van der Waals surface area contributed by atoms with Gasteiger partial charge in [0.05, 0.1) is 5.60 Å². The predicted molar refractivity (Wildman–Crippen MR) is 95.7 cm³/mol. The fraction of sp³-hybridized carbons (Fsp3) is 0.864. The third-order valence-electron chi connectivity index (χ3n) is 9.17. The fourth-order valence-corrected chi connectivity index (χ4v) is 8.13. The van der Waals surface area contributed by atoms with Crippen molar-refractivity contribution < 1.29 is 15.0 Å². The molecule has 0 radical (unpaired) electrons. The lowest BCUT2D eigenvalue weighted by molar-refractivity contribution is -0.144. The first-order valence-electron chi connectivity index (χ1n) is 10.6. The lowest BCUT2D eigenvalue weighted by Crippen LogP contribution is -2.55. The summed E-state index contributed by atoms with van der Waals surface area (Å²) in [7, 11) is 0. The van der Waals surface area contributed by atoms with Crippen LogP contribution in [0.25, 0.3) is 0 Å². The summed E-state index contributed by atoms with van der Waals surface area (Å²) in [6.45, 7) is 2.56. The molecular weight excluding hydrogens is 312 g/mol. The summed E-state index contributed by atoms with van der Waals surface area (Å²) in [4.78, 5) is 11.8. The molecule has 0 aromatic rings. The van der Waals surface area contributed by atoms with Crippen LogP contribution >= 0.6 is 0 Å². The van der Waals surface area contributed by atoms with Gasteiger partial charge in [-0.3, -0.25) is 4.79 Å². The minimum Gasteiger partial charge on any atom is -0.396 e. The van der Waals surface area contributed by atoms with Gasteiger partial charge in [-0.15, -0.1) is 0 Å². The first kappa shape index (κ1) is 16.5. The topological polar surface area (TPSA) is 57.5 Å². The van der Waals surface area contributed by atoms with Crippen molar-refractivity contribution in [3.63, 3.8) is 0 Å². The van der Waals surface area contributed by atoms with Gasteiger partial charge in [-0.1, -0.05) is 12.5 Å². The number of carbonyl (C=O) groups is 1. The maximum Gasteiger partial charge on any atom is 0.155 e. The third kappa shape index (κ3) is 2.09. The molecule has 3 heteroatoms. The summed E-state index contributed by atoms with van der Waals surface area (Å²) in [5.74, 6) is 4.34. The molecule has 5 rings (SSSR count). The number of hydrogen-bond acceptors (Lipinski definition) is 3. The van der Waals surface area contributed by atoms with Gasteiger partial charge in [0.15, 0.2) is 5.78 Å². The lowest BCUT2D eigenvalue weighted by atomic mass is 9.49. The van der Waals surface area contributed by atoms with Crippen LogP contribution in [0.15, 0.2) is 11.6 Å². The van der Waals surface area contributed by atoms with E-state index in [1.54, 1.807) is 0 Å². The van der Waals surface area contributed by atoms with E-state index in [2.05, 4.69) is 6.92 Å². The van der Waals surface area contributed by atoms with Gasteiger partial charge in [0.2, 0.25) is 0 Å². The van der Waals surface area contributed by atoms with Gasteiger partial charge in [-0.25, -0.2) is 0 Å². The Morgan fingerprint density at radius 2 is 2.00 bits per heavy atom. The molecule has 0 amide bonds. The molecule has 5 aliphatic rings. The van der Waals surface area contributed by atoms with Gasteiger partial charge in [-0.05, 0) is 98.4 Å². The maximum atomic E-state index is 11.8. The molecule has 25 heavy (non-hydrogen) atoms. The Morgan fingerprint density at radius 1 is 1.16 bits per heavy atom. The fourth-order valence-electron chi connectivity index (χ4n) is 8.13. The molecule has 0 bridgehead atoms. The van der Waals surface area contributed by atoms with Crippen molar-refractivity contribution in [2.24, 2.45) is 40.9 Å². The average molecular weight is 344 g/mol. The normalized spacial score (nSPS) is 53.4. The zero-order valence-corrected chi connectivity index (χ0v) is 15.4.